The number of nitrogen functional groups attached to an aromatic ring is 1. The lowest BCUT2D eigenvalue weighted by Crippen LogP contribution is -2.38. The van der Waals surface area contributed by atoms with Gasteiger partial charge in [-0.3, -0.25) is 9.48 Å². The first-order valence-electron chi connectivity index (χ1n) is 5.34. The zero-order valence-electron chi connectivity index (χ0n) is 9.26. The fraction of sp³-hybridized carbons (Fsp3) is 0.600. The number of aryl methyl sites for hydroxylation is 1. The van der Waals surface area contributed by atoms with E-state index in [0.717, 1.165) is 12.8 Å². The van der Waals surface area contributed by atoms with Crippen molar-refractivity contribution in [2.45, 2.75) is 18.9 Å². The Kier molecular flexibility index (Phi) is 2.82. The Morgan fingerprint density at radius 2 is 2.50 bits per heavy atom. The average Bonchev–Trinajstić information content (AvgIpc) is 2.83. The smallest absolute Gasteiger partial charge is 0.276 e. The maximum Gasteiger partial charge on any atom is 0.276 e. The van der Waals surface area contributed by atoms with Gasteiger partial charge in [0.15, 0.2) is 5.69 Å². The summed E-state index contributed by atoms with van der Waals surface area (Å²) in [6, 6.07) is -0.0890. The van der Waals surface area contributed by atoms with Crippen LogP contribution < -0.4 is 5.73 Å². The van der Waals surface area contributed by atoms with Crippen molar-refractivity contribution < 1.29 is 9.90 Å². The van der Waals surface area contributed by atoms with Crippen LogP contribution in [0, 0.1) is 0 Å². The minimum atomic E-state index is -0.186. The van der Waals surface area contributed by atoms with Crippen molar-refractivity contribution in [2.24, 2.45) is 7.05 Å². The van der Waals surface area contributed by atoms with E-state index in [4.69, 9.17) is 10.8 Å². The fourth-order valence-corrected chi connectivity index (χ4v) is 2.10. The van der Waals surface area contributed by atoms with Crippen LogP contribution in [-0.4, -0.2) is 44.9 Å². The second-order valence-corrected chi connectivity index (χ2v) is 4.08. The first kappa shape index (κ1) is 10.9. The molecule has 0 saturated carbocycles. The van der Waals surface area contributed by atoms with Crippen molar-refractivity contribution in [2.75, 3.05) is 18.9 Å². The number of nitrogens with zero attached hydrogens (tertiary/aromatic N) is 3. The standard InChI is InChI=1S/C10H16N4O2/c1-13-5-8(11)9(12-13)10(16)14-4-2-3-7(14)6-15/h5,7,15H,2-4,6,11H2,1H3. The number of anilines is 1. The maximum absolute atomic E-state index is 12.1. The Labute approximate surface area is 93.6 Å². The van der Waals surface area contributed by atoms with Gasteiger partial charge in [-0.2, -0.15) is 5.10 Å². The molecule has 0 aromatic carbocycles. The van der Waals surface area contributed by atoms with Gasteiger partial charge in [0.25, 0.3) is 5.91 Å². The molecule has 1 amide bonds. The number of hydrogen-bond acceptors (Lipinski definition) is 4. The summed E-state index contributed by atoms with van der Waals surface area (Å²) in [5.41, 5.74) is 6.37. The molecule has 6 heteroatoms. The Morgan fingerprint density at radius 3 is 3.06 bits per heavy atom. The molecule has 88 valence electrons. The lowest BCUT2D eigenvalue weighted by molar-refractivity contribution is 0.0672. The first-order chi connectivity index (χ1) is 7.63. The van der Waals surface area contributed by atoms with Gasteiger partial charge < -0.3 is 15.7 Å². The lowest BCUT2D eigenvalue weighted by atomic mass is 10.2. The van der Waals surface area contributed by atoms with E-state index >= 15 is 0 Å². The van der Waals surface area contributed by atoms with Crippen molar-refractivity contribution in [3.63, 3.8) is 0 Å². The third-order valence-corrected chi connectivity index (χ3v) is 2.91. The fourth-order valence-electron chi connectivity index (χ4n) is 2.10. The topological polar surface area (TPSA) is 84.4 Å². The van der Waals surface area contributed by atoms with Crippen LogP contribution in [0.5, 0.6) is 0 Å². The molecule has 1 aromatic heterocycles. The molecule has 1 atom stereocenters. The van der Waals surface area contributed by atoms with Crippen LogP contribution in [0.3, 0.4) is 0 Å². The van der Waals surface area contributed by atoms with E-state index in [1.165, 1.54) is 4.68 Å². The predicted octanol–water partition coefficient (Wildman–Crippen LogP) is -0.401. The molecule has 1 aromatic rings. The van der Waals surface area contributed by atoms with Gasteiger partial charge in [-0.15, -0.1) is 0 Å². The quantitative estimate of drug-likeness (QED) is 0.716. The number of likely N-dealkylation sites (tertiary alicyclic amines) is 1. The monoisotopic (exact) mass is 224 g/mol. The molecule has 1 aliphatic heterocycles. The minimum Gasteiger partial charge on any atom is -0.396 e. The summed E-state index contributed by atoms with van der Waals surface area (Å²) in [6.07, 6.45) is 3.37. The van der Waals surface area contributed by atoms with Crippen molar-refractivity contribution in [1.82, 2.24) is 14.7 Å². The molecule has 1 saturated heterocycles. The van der Waals surface area contributed by atoms with Gasteiger partial charge in [0, 0.05) is 19.8 Å². The van der Waals surface area contributed by atoms with Crippen molar-refractivity contribution in [3.05, 3.63) is 11.9 Å². The second kappa shape index (κ2) is 4.13. The highest BCUT2D eigenvalue weighted by molar-refractivity contribution is 5.97. The highest BCUT2D eigenvalue weighted by Gasteiger charge is 2.31. The van der Waals surface area contributed by atoms with E-state index < -0.39 is 0 Å². The van der Waals surface area contributed by atoms with E-state index in [2.05, 4.69) is 5.10 Å². The van der Waals surface area contributed by atoms with E-state index in [1.807, 2.05) is 0 Å². The zero-order valence-corrected chi connectivity index (χ0v) is 9.26. The largest absolute Gasteiger partial charge is 0.396 e. The van der Waals surface area contributed by atoms with E-state index in [-0.39, 0.29) is 24.2 Å². The summed E-state index contributed by atoms with van der Waals surface area (Å²) in [6.45, 7) is 0.665. The van der Waals surface area contributed by atoms with Gasteiger partial charge in [-0.05, 0) is 12.8 Å². The number of carbonyl (C=O) groups excluding carboxylic acids is 1. The van der Waals surface area contributed by atoms with Gasteiger partial charge in [0.2, 0.25) is 0 Å². The summed E-state index contributed by atoms with van der Waals surface area (Å²) in [7, 11) is 1.72. The number of amides is 1. The molecule has 3 N–H and O–H groups in total. The summed E-state index contributed by atoms with van der Waals surface area (Å²) in [5.74, 6) is -0.186. The Morgan fingerprint density at radius 1 is 1.75 bits per heavy atom. The number of carbonyl (C=O) groups is 1. The average molecular weight is 224 g/mol. The summed E-state index contributed by atoms with van der Waals surface area (Å²) >= 11 is 0. The van der Waals surface area contributed by atoms with Gasteiger partial charge in [0.1, 0.15) is 0 Å². The molecule has 16 heavy (non-hydrogen) atoms. The number of aromatic nitrogens is 2. The van der Waals surface area contributed by atoms with Crippen LogP contribution in [-0.2, 0) is 7.05 Å². The Balaban J connectivity index is 2.21. The molecule has 0 bridgehead atoms. The van der Waals surface area contributed by atoms with Crippen LogP contribution in [0.4, 0.5) is 5.69 Å². The molecular weight excluding hydrogens is 208 g/mol. The normalized spacial score (nSPS) is 20.4. The molecule has 1 fully saturated rings. The van der Waals surface area contributed by atoms with E-state index in [9.17, 15) is 4.79 Å². The number of aliphatic hydroxyl groups excluding tert-OH is 1. The number of hydrogen-bond donors (Lipinski definition) is 2. The summed E-state index contributed by atoms with van der Waals surface area (Å²) in [4.78, 5) is 13.8. The molecule has 0 spiro atoms. The predicted molar refractivity (Wildman–Crippen MR) is 58.8 cm³/mol. The molecule has 6 nitrogen and oxygen atoms in total. The molecule has 2 rings (SSSR count). The van der Waals surface area contributed by atoms with Gasteiger partial charge >= 0.3 is 0 Å². The molecule has 0 aliphatic carbocycles. The summed E-state index contributed by atoms with van der Waals surface area (Å²) in [5, 5.41) is 13.2. The molecular formula is C10H16N4O2. The van der Waals surface area contributed by atoms with E-state index in [0.29, 0.717) is 12.2 Å². The van der Waals surface area contributed by atoms with Crippen LogP contribution in [0.1, 0.15) is 23.3 Å². The van der Waals surface area contributed by atoms with Gasteiger partial charge in [0.05, 0.1) is 18.3 Å². The lowest BCUT2D eigenvalue weighted by Gasteiger charge is -2.22. The van der Waals surface area contributed by atoms with Crippen LogP contribution in [0.25, 0.3) is 0 Å². The SMILES string of the molecule is Cn1cc(N)c(C(=O)N2CCCC2CO)n1. The Bertz CT molecular complexity index is 402. The molecule has 1 aliphatic rings. The van der Waals surface area contributed by atoms with Crippen LogP contribution >= 0.6 is 0 Å². The van der Waals surface area contributed by atoms with Crippen molar-refractivity contribution in [1.29, 1.82) is 0 Å². The number of aliphatic hydroxyl groups is 1. The van der Waals surface area contributed by atoms with Crippen molar-refractivity contribution >= 4 is 11.6 Å². The van der Waals surface area contributed by atoms with Crippen LogP contribution in [0.15, 0.2) is 6.20 Å². The molecule has 0 radical (unpaired) electrons. The zero-order chi connectivity index (χ0) is 11.7. The van der Waals surface area contributed by atoms with Crippen molar-refractivity contribution in [3.8, 4) is 0 Å². The third kappa shape index (κ3) is 1.76. The molecule has 1 unspecified atom stereocenters. The maximum atomic E-state index is 12.1. The van der Waals surface area contributed by atoms with Gasteiger partial charge in [-0.25, -0.2) is 0 Å². The van der Waals surface area contributed by atoms with E-state index in [1.54, 1.807) is 18.1 Å². The Hall–Kier alpha value is -1.56. The highest BCUT2D eigenvalue weighted by Crippen LogP contribution is 2.21. The first-order valence-corrected chi connectivity index (χ1v) is 5.34. The summed E-state index contributed by atoms with van der Waals surface area (Å²) < 4.78 is 1.52. The number of nitrogens with two attached hydrogens (primary N) is 1. The second-order valence-electron chi connectivity index (χ2n) is 4.08. The van der Waals surface area contributed by atoms with Crippen LogP contribution in [0.2, 0.25) is 0 Å². The molecule has 2 heterocycles. The highest BCUT2D eigenvalue weighted by atomic mass is 16.3. The minimum absolute atomic E-state index is 0.00151. The van der Waals surface area contributed by atoms with Gasteiger partial charge in [-0.1, -0.05) is 0 Å². The number of rotatable bonds is 2. The third-order valence-electron chi connectivity index (χ3n) is 2.91.